The van der Waals surface area contributed by atoms with Gasteiger partial charge in [-0.2, -0.15) is 4.52 Å². The average Bonchev–Trinajstić information content (AvgIpc) is 3.28. The van der Waals surface area contributed by atoms with Gasteiger partial charge in [0.05, 0.1) is 13.7 Å². The molecule has 9 heteroatoms. The molecule has 0 bridgehead atoms. The summed E-state index contributed by atoms with van der Waals surface area (Å²) < 4.78 is 18.4. The van der Waals surface area contributed by atoms with Crippen LogP contribution in [0.3, 0.4) is 0 Å². The zero-order chi connectivity index (χ0) is 24.1. The summed E-state index contributed by atoms with van der Waals surface area (Å²) in [7, 11) is 1.62. The normalized spacial score (nSPS) is 11.8. The second kappa shape index (κ2) is 10.2. The highest BCUT2D eigenvalue weighted by Crippen LogP contribution is 2.23. The van der Waals surface area contributed by atoms with E-state index in [1.807, 2.05) is 56.3 Å². The SMILES string of the molecule is COc1ccc(-c2nnc3ccc(OCCNC(=O)C(C)Oc4cccc(C)c4C)nn23)cc1. The van der Waals surface area contributed by atoms with Gasteiger partial charge in [0.1, 0.15) is 18.1 Å². The summed E-state index contributed by atoms with van der Waals surface area (Å²) in [5.41, 5.74) is 3.59. The Morgan fingerprint density at radius 3 is 2.62 bits per heavy atom. The molecule has 0 fully saturated rings. The molecule has 0 aliphatic rings. The van der Waals surface area contributed by atoms with Crippen LogP contribution >= 0.6 is 0 Å². The molecule has 4 aromatic rings. The number of aromatic nitrogens is 4. The third-order valence-electron chi connectivity index (χ3n) is 5.47. The number of ether oxygens (including phenoxy) is 3. The Balaban J connectivity index is 1.32. The number of rotatable bonds is 9. The predicted molar refractivity (Wildman–Crippen MR) is 127 cm³/mol. The maximum absolute atomic E-state index is 12.4. The lowest BCUT2D eigenvalue weighted by molar-refractivity contribution is -0.127. The highest BCUT2D eigenvalue weighted by atomic mass is 16.5. The molecule has 176 valence electrons. The third kappa shape index (κ3) is 5.09. The highest BCUT2D eigenvalue weighted by Gasteiger charge is 2.16. The fraction of sp³-hybridized carbons (Fsp3) is 0.280. The maximum Gasteiger partial charge on any atom is 0.260 e. The molecule has 1 unspecified atom stereocenters. The molecule has 0 spiro atoms. The minimum atomic E-state index is -0.626. The molecule has 0 radical (unpaired) electrons. The van der Waals surface area contributed by atoms with Crippen LogP contribution < -0.4 is 19.5 Å². The van der Waals surface area contributed by atoms with Crippen LogP contribution in [0.25, 0.3) is 17.0 Å². The first-order chi connectivity index (χ1) is 16.5. The van der Waals surface area contributed by atoms with Crippen molar-refractivity contribution < 1.29 is 19.0 Å². The number of fused-ring (bicyclic) bond motifs is 1. The fourth-order valence-electron chi connectivity index (χ4n) is 3.34. The Labute approximate surface area is 197 Å². The molecule has 4 rings (SSSR count). The van der Waals surface area contributed by atoms with Gasteiger partial charge < -0.3 is 19.5 Å². The Morgan fingerprint density at radius 1 is 1.06 bits per heavy atom. The summed E-state index contributed by atoms with van der Waals surface area (Å²) in [6.45, 7) is 6.27. The molecule has 2 heterocycles. The van der Waals surface area contributed by atoms with Crippen LogP contribution in [0.4, 0.5) is 0 Å². The highest BCUT2D eigenvalue weighted by molar-refractivity contribution is 5.80. The van der Waals surface area contributed by atoms with Gasteiger partial charge in [-0.3, -0.25) is 4.79 Å². The fourth-order valence-corrected chi connectivity index (χ4v) is 3.34. The molecule has 0 aliphatic carbocycles. The van der Waals surface area contributed by atoms with Crippen molar-refractivity contribution in [3.63, 3.8) is 0 Å². The van der Waals surface area contributed by atoms with Gasteiger partial charge in [-0.05, 0) is 68.3 Å². The van der Waals surface area contributed by atoms with Crippen LogP contribution in [0.2, 0.25) is 0 Å². The lowest BCUT2D eigenvalue weighted by Gasteiger charge is -2.17. The zero-order valence-electron chi connectivity index (χ0n) is 19.6. The topological polar surface area (TPSA) is 99.9 Å². The molecule has 0 saturated carbocycles. The molecule has 1 amide bonds. The van der Waals surface area contributed by atoms with Gasteiger partial charge in [-0.15, -0.1) is 15.3 Å². The number of methoxy groups -OCH3 is 1. The van der Waals surface area contributed by atoms with E-state index in [9.17, 15) is 4.79 Å². The molecule has 2 aromatic carbocycles. The van der Waals surface area contributed by atoms with Crippen molar-refractivity contribution in [2.75, 3.05) is 20.3 Å². The van der Waals surface area contributed by atoms with E-state index in [2.05, 4.69) is 20.6 Å². The Morgan fingerprint density at radius 2 is 1.85 bits per heavy atom. The van der Waals surface area contributed by atoms with Crippen LogP contribution in [0, 0.1) is 13.8 Å². The summed E-state index contributed by atoms with van der Waals surface area (Å²) >= 11 is 0. The van der Waals surface area contributed by atoms with Crippen LogP contribution in [0.5, 0.6) is 17.4 Å². The Hall–Kier alpha value is -4.14. The van der Waals surface area contributed by atoms with Gasteiger partial charge >= 0.3 is 0 Å². The van der Waals surface area contributed by atoms with Crippen molar-refractivity contribution in [1.82, 2.24) is 25.1 Å². The lowest BCUT2D eigenvalue weighted by Crippen LogP contribution is -2.38. The van der Waals surface area contributed by atoms with Gasteiger partial charge in [0.2, 0.25) is 5.88 Å². The van der Waals surface area contributed by atoms with Crippen LogP contribution in [-0.2, 0) is 4.79 Å². The second-order valence-corrected chi connectivity index (χ2v) is 7.79. The van der Waals surface area contributed by atoms with E-state index in [0.717, 1.165) is 22.4 Å². The molecule has 34 heavy (non-hydrogen) atoms. The lowest BCUT2D eigenvalue weighted by atomic mass is 10.1. The van der Waals surface area contributed by atoms with Crippen LogP contribution in [-0.4, -0.2) is 52.1 Å². The maximum atomic E-state index is 12.4. The molecule has 0 saturated heterocycles. The first-order valence-corrected chi connectivity index (χ1v) is 11.0. The molecule has 9 nitrogen and oxygen atoms in total. The van der Waals surface area contributed by atoms with Gasteiger partial charge in [0.15, 0.2) is 17.6 Å². The monoisotopic (exact) mass is 461 g/mol. The molecule has 1 atom stereocenters. The Bertz CT molecular complexity index is 1290. The molecule has 0 aliphatic heterocycles. The van der Waals surface area contributed by atoms with Gasteiger partial charge in [-0.1, -0.05) is 12.1 Å². The third-order valence-corrected chi connectivity index (χ3v) is 5.47. The summed E-state index contributed by atoms with van der Waals surface area (Å²) in [4.78, 5) is 12.4. The van der Waals surface area contributed by atoms with Crippen molar-refractivity contribution in [1.29, 1.82) is 0 Å². The number of amides is 1. The van der Waals surface area contributed by atoms with Gasteiger partial charge in [-0.25, -0.2) is 0 Å². The minimum absolute atomic E-state index is 0.214. The molecular formula is C25H27N5O4. The number of aryl methyl sites for hydroxylation is 1. The average molecular weight is 462 g/mol. The van der Waals surface area contributed by atoms with Gasteiger partial charge in [0, 0.05) is 11.6 Å². The zero-order valence-corrected chi connectivity index (χ0v) is 19.6. The Kier molecular flexibility index (Phi) is 6.91. The van der Waals surface area contributed by atoms with E-state index in [-0.39, 0.29) is 12.5 Å². The number of nitrogens with one attached hydrogen (secondary N) is 1. The number of carbonyl (C=O) groups is 1. The van der Waals surface area contributed by atoms with Gasteiger partial charge in [0.25, 0.3) is 5.91 Å². The van der Waals surface area contributed by atoms with E-state index < -0.39 is 6.10 Å². The van der Waals surface area contributed by atoms with Crippen molar-refractivity contribution in [3.8, 4) is 28.8 Å². The number of nitrogens with zero attached hydrogens (tertiary/aromatic N) is 4. The van der Waals surface area contributed by atoms with E-state index in [1.54, 1.807) is 30.7 Å². The quantitative estimate of drug-likeness (QED) is 0.382. The first-order valence-electron chi connectivity index (χ1n) is 11.0. The summed E-state index contributed by atoms with van der Waals surface area (Å²) in [6, 6.07) is 16.8. The molecular weight excluding hydrogens is 434 g/mol. The summed E-state index contributed by atoms with van der Waals surface area (Å²) in [6.07, 6.45) is -0.626. The number of carbonyl (C=O) groups excluding carboxylic acids is 1. The predicted octanol–water partition coefficient (Wildman–Crippen LogP) is 3.38. The van der Waals surface area contributed by atoms with Crippen LogP contribution in [0.15, 0.2) is 54.6 Å². The summed E-state index contributed by atoms with van der Waals surface area (Å²) in [5.74, 6) is 2.24. The van der Waals surface area contributed by atoms with Crippen molar-refractivity contribution in [3.05, 3.63) is 65.7 Å². The number of hydrogen-bond donors (Lipinski definition) is 1. The largest absolute Gasteiger partial charge is 0.497 e. The van der Waals surface area contributed by atoms with E-state index >= 15 is 0 Å². The van der Waals surface area contributed by atoms with E-state index in [1.165, 1.54) is 0 Å². The smallest absolute Gasteiger partial charge is 0.260 e. The van der Waals surface area contributed by atoms with Crippen molar-refractivity contribution >= 4 is 11.6 Å². The molecule has 2 aromatic heterocycles. The van der Waals surface area contributed by atoms with E-state index in [0.29, 0.717) is 29.6 Å². The van der Waals surface area contributed by atoms with Crippen molar-refractivity contribution in [2.45, 2.75) is 26.9 Å². The standard InChI is InChI=1S/C25H27N5O4/c1-16-6-5-7-21(17(16)2)34-18(3)25(31)26-14-15-33-23-13-12-22-27-28-24(30(22)29-23)19-8-10-20(32-4)11-9-19/h5-13,18H,14-15H2,1-4H3,(H,26,31). The molecule has 1 N–H and O–H groups in total. The second-order valence-electron chi connectivity index (χ2n) is 7.79. The minimum Gasteiger partial charge on any atom is -0.497 e. The number of hydrogen-bond acceptors (Lipinski definition) is 7. The number of benzene rings is 2. The summed E-state index contributed by atoms with van der Waals surface area (Å²) in [5, 5.41) is 15.7. The van der Waals surface area contributed by atoms with E-state index in [4.69, 9.17) is 14.2 Å². The first kappa shape index (κ1) is 23.0. The van der Waals surface area contributed by atoms with Crippen molar-refractivity contribution in [2.24, 2.45) is 0 Å². The van der Waals surface area contributed by atoms with Crippen LogP contribution in [0.1, 0.15) is 18.1 Å².